The summed E-state index contributed by atoms with van der Waals surface area (Å²) < 4.78 is 2.25. The summed E-state index contributed by atoms with van der Waals surface area (Å²) in [5, 5.41) is 0.908. The molecule has 1 aromatic heterocycles. The number of anilines is 1. The number of hydrogen-bond acceptors (Lipinski definition) is 3. The number of aromatic nitrogens is 2. The molecule has 2 heterocycles. The Labute approximate surface area is 186 Å². The minimum absolute atomic E-state index is 0.143. The van der Waals surface area contributed by atoms with E-state index in [1.807, 2.05) is 41.3 Å². The topological polar surface area (TPSA) is 38.1 Å². The van der Waals surface area contributed by atoms with Gasteiger partial charge in [-0.1, -0.05) is 72.4 Å². The lowest BCUT2D eigenvalue weighted by Crippen LogP contribution is -2.37. The largest absolute Gasteiger partial charge is 0.319 e. The zero-order valence-electron chi connectivity index (χ0n) is 17.6. The average Bonchev–Trinajstić information content (AvgIpc) is 3.33. The first-order valence-electron chi connectivity index (χ1n) is 10.7. The third-order valence-corrected chi connectivity index (χ3v) is 6.85. The van der Waals surface area contributed by atoms with Gasteiger partial charge in [0.15, 0.2) is 5.16 Å². The predicted molar refractivity (Wildman–Crippen MR) is 128 cm³/mol. The van der Waals surface area contributed by atoms with Gasteiger partial charge in [0, 0.05) is 18.3 Å². The van der Waals surface area contributed by atoms with Crippen LogP contribution < -0.4 is 4.90 Å². The molecule has 0 spiro atoms. The van der Waals surface area contributed by atoms with Gasteiger partial charge in [-0.3, -0.25) is 4.79 Å². The minimum atomic E-state index is 0.143. The summed E-state index contributed by atoms with van der Waals surface area (Å²) in [6.45, 7) is 2.96. The maximum atomic E-state index is 13.2. The molecule has 0 bridgehead atoms. The van der Waals surface area contributed by atoms with Crippen LogP contribution in [0.25, 0.3) is 11.0 Å². The normalized spacial score (nSPS) is 15.4. The van der Waals surface area contributed by atoms with Gasteiger partial charge in [-0.2, -0.15) is 0 Å². The molecule has 31 heavy (non-hydrogen) atoms. The van der Waals surface area contributed by atoms with Crippen molar-refractivity contribution in [1.29, 1.82) is 0 Å². The first-order valence-corrected chi connectivity index (χ1v) is 11.7. The van der Waals surface area contributed by atoms with E-state index < -0.39 is 0 Å². The third kappa shape index (κ3) is 3.98. The molecule has 0 saturated carbocycles. The van der Waals surface area contributed by atoms with Gasteiger partial charge in [0.05, 0.1) is 16.8 Å². The summed E-state index contributed by atoms with van der Waals surface area (Å²) >= 11 is 1.54. The Morgan fingerprint density at radius 1 is 1.00 bits per heavy atom. The van der Waals surface area contributed by atoms with Crippen LogP contribution in [0.5, 0.6) is 0 Å². The van der Waals surface area contributed by atoms with Crippen molar-refractivity contribution in [2.24, 2.45) is 0 Å². The summed E-state index contributed by atoms with van der Waals surface area (Å²) in [5.41, 5.74) is 5.70. The molecule has 0 aliphatic carbocycles. The Balaban J connectivity index is 1.36. The van der Waals surface area contributed by atoms with Crippen LogP contribution in [0.3, 0.4) is 0 Å². The maximum Gasteiger partial charge on any atom is 0.237 e. The molecule has 1 atom stereocenters. The van der Waals surface area contributed by atoms with Gasteiger partial charge < -0.3 is 9.47 Å². The van der Waals surface area contributed by atoms with Gasteiger partial charge in [-0.15, -0.1) is 0 Å². The van der Waals surface area contributed by atoms with E-state index in [9.17, 15) is 4.79 Å². The van der Waals surface area contributed by atoms with Crippen molar-refractivity contribution in [3.8, 4) is 0 Å². The Morgan fingerprint density at radius 2 is 1.74 bits per heavy atom. The van der Waals surface area contributed by atoms with E-state index in [1.165, 1.54) is 11.1 Å². The Bertz CT molecular complexity index is 1220. The highest BCUT2D eigenvalue weighted by molar-refractivity contribution is 7.99. The number of carbonyl (C=O) groups excluding carboxylic acids is 1. The minimum Gasteiger partial charge on any atom is -0.319 e. The molecule has 1 aliphatic heterocycles. The molecule has 3 aromatic carbocycles. The SMILES string of the molecule is C[C@H]1Cc2ccccc2N1C(=O)CSc1nc2ccccc2n1CCc1ccccc1. The molecule has 156 valence electrons. The van der Waals surface area contributed by atoms with Crippen LogP contribution in [0.4, 0.5) is 5.69 Å². The summed E-state index contributed by atoms with van der Waals surface area (Å²) in [4.78, 5) is 20.0. The van der Waals surface area contributed by atoms with Gasteiger partial charge in [0.25, 0.3) is 0 Å². The number of benzene rings is 3. The van der Waals surface area contributed by atoms with Crippen LogP contribution in [-0.2, 0) is 24.2 Å². The molecule has 0 saturated heterocycles. The molecule has 1 aliphatic rings. The standard InChI is InChI=1S/C26H25N3OS/c1-19-17-21-11-5-7-13-23(21)29(19)25(30)18-31-26-27-22-12-6-8-14-24(22)28(26)16-15-20-9-3-2-4-10-20/h2-14,19H,15-18H2,1H3/t19-/m0/s1. The quantitative estimate of drug-likeness (QED) is 0.389. The van der Waals surface area contributed by atoms with Crippen molar-refractivity contribution in [2.45, 2.75) is 37.5 Å². The number of thioether (sulfide) groups is 1. The molecule has 4 nitrogen and oxygen atoms in total. The number of carbonyl (C=O) groups is 1. The zero-order valence-corrected chi connectivity index (χ0v) is 18.4. The van der Waals surface area contributed by atoms with Gasteiger partial charge in [-0.25, -0.2) is 4.98 Å². The average molecular weight is 428 g/mol. The number of aryl methyl sites for hydroxylation is 2. The van der Waals surface area contributed by atoms with Gasteiger partial charge >= 0.3 is 0 Å². The summed E-state index contributed by atoms with van der Waals surface area (Å²) in [5.74, 6) is 0.525. The van der Waals surface area contributed by atoms with E-state index >= 15 is 0 Å². The Kier molecular flexibility index (Phi) is 5.51. The molecule has 0 fully saturated rings. The van der Waals surface area contributed by atoms with Crippen LogP contribution in [-0.4, -0.2) is 27.3 Å². The van der Waals surface area contributed by atoms with Crippen LogP contribution in [0, 0.1) is 0 Å². The molecule has 0 radical (unpaired) electrons. The summed E-state index contributed by atoms with van der Waals surface area (Å²) in [6.07, 6.45) is 1.85. The van der Waals surface area contributed by atoms with Crippen molar-refractivity contribution < 1.29 is 4.79 Å². The fourth-order valence-corrected chi connectivity index (χ4v) is 5.31. The first kappa shape index (κ1) is 19.9. The van der Waals surface area contributed by atoms with E-state index in [1.54, 1.807) is 11.8 Å². The third-order valence-electron chi connectivity index (χ3n) is 5.89. The van der Waals surface area contributed by atoms with Crippen molar-refractivity contribution in [1.82, 2.24) is 9.55 Å². The number of amides is 1. The van der Waals surface area contributed by atoms with E-state index in [4.69, 9.17) is 4.98 Å². The van der Waals surface area contributed by atoms with Crippen molar-refractivity contribution in [3.63, 3.8) is 0 Å². The van der Waals surface area contributed by atoms with Crippen molar-refractivity contribution in [3.05, 3.63) is 90.0 Å². The highest BCUT2D eigenvalue weighted by Gasteiger charge is 2.30. The van der Waals surface area contributed by atoms with E-state index in [2.05, 4.69) is 54.0 Å². The lowest BCUT2D eigenvalue weighted by atomic mass is 10.1. The molecule has 5 heteroatoms. The monoisotopic (exact) mass is 427 g/mol. The number of hydrogen-bond donors (Lipinski definition) is 0. The number of nitrogens with zero attached hydrogens (tertiary/aromatic N) is 3. The molecule has 1 amide bonds. The Hall–Kier alpha value is -3.05. The second-order valence-corrected chi connectivity index (χ2v) is 8.95. The highest BCUT2D eigenvalue weighted by Crippen LogP contribution is 2.33. The second-order valence-electron chi connectivity index (χ2n) is 8.00. The fourth-order valence-electron chi connectivity index (χ4n) is 4.41. The van der Waals surface area contributed by atoms with E-state index in [0.717, 1.165) is 41.3 Å². The molecular formula is C26H25N3OS. The van der Waals surface area contributed by atoms with Crippen LogP contribution >= 0.6 is 11.8 Å². The number of fused-ring (bicyclic) bond motifs is 2. The van der Waals surface area contributed by atoms with Crippen molar-refractivity contribution in [2.75, 3.05) is 10.7 Å². The van der Waals surface area contributed by atoms with Gasteiger partial charge in [0.1, 0.15) is 0 Å². The van der Waals surface area contributed by atoms with Crippen molar-refractivity contribution >= 4 is 34.4 Å². The van der Waals surface area contributed by atoms with E-state index in [0.29, 0.717) is 5.75 Å². The molecule has 0 unspecified atom stereocenters. The van der Waals surface area contributed by atoms with E-state index in [-0.39, 0.29) is 11.9 Å². The second kappa shape index (κ2) is 8.60. The summed E-state index contributed by atoms with van der Waals surface area (Å²) in [7, 11) is 0. The smallest absolute Gasteiger partial charge is 0.237 e. The number of rotatable bonds is 6. The lowest BCUT2D eigenvalue weighted by Gasteiger charge is -2.22. The summed E-state index contributed by atoms with van der Waals surface area (Å²) in [6, 6.07) is 27.1. The number of para-hydroxylation sites is 3. The maximum absolute atomic E-state index is 13.2. The number of imidazole rings is 1. The lowest BCUT2D eigenvalue weighted by molar-refractivity contribution is -0.116. The van der Waals surface area contributed by atoms with Crippen LogP contribution in [0.1, 0.15) is 18.1 Å². The molecule has 0 N–H and O–H groups in total. The van der Waals surface area contributed by atoms with Crippen LogP contribution in [0.15, 0.2) is 84.0 Å². The molecule has 5 rings (SSSR count). The van der Waals surface area contributed by atoms with Gasteiger partial charge in [-0.05, 0) is 49.1 Å². The molecular weight excluding hydrogens is 402 g/mol. The predicted octanol–water partition coefficient (Wildman–Crippen LogP) is 5.35. The Morgan fingerprint density at radius 3 is 2.61 bits per heavy atom. The first-order chi connectivity index (χ1) is 15.2. The fraction of sp³-hybridized carbons (Fsp3) is 0.231. The highest BCUT2D eigenvalue weighted by atomic mass is 32.2. The van der Waals surface area contributed by atoms with Gasteiger partial charge in [0.2, 0.25) is 5.91 Å². The molecule has 4 aromatic rings. The van der Waals surface area contributed by atoms with Crippen LogP contribution in [0.2, 0.25) is 0 Å². The zero-order chi connectivity index (χ0) is 21.2.